The van der Waals surface area contributed by atoms with E-state index in [0.717, 1.165) is 34.1 Å². The van der Waals surface area contributed by atoms with Crippen molar-refractivity contribution >= 4 is 55.9 Å². The summed E-state index contributed by atoms with van der Waals surface area (Å²) in [7, 11) is 2.20. The van der Waals surface area contributed by atoms with Gasteiger partial charge in [0.05, 0.1) is 10.9 Å². The summed E-state index contributed by atoms with van der Waals surface area (Å²) >= 11 is 0. The molecular formula is C65H47N3. The lowest BCUT2D eigenvalue weighted by molar-refractivity contribution is 0.660. The number of benzene rings is 10. The van der Waals surface area contributed by atoms with Gasteiger partial charge in [0, 0.05) is 62.9 Å². The Morgan fingerprint density at radius 3 is 1.25 bits per heavy atom. The second-order valence-corrected chi connectivity index (χ2v) is 19.3. The van der Waals surface area contributed by atoms with Crippen LogP contribution in [0.25, 0.3) is 55.2 Å². The molecule has 0 N–H and O–H groups in total. The van der Waals surface area contributed by atoms with Gasteiger partial charge < -0.3 is 14.4 Å². The van der Waals surface area contributed by atoms with Crippen molar-refractivity contribution in [2.24, 2.45) is 7.05 Å². The maximum atomic E-state index is 2.53. The number of anilines is 6. The van der Waals surface area contributed by atoms with E-state index < -0.39 is 5.41 Å². The molecule has 14 rings (SSSR count). The fourth-order valence-electron chi connectivity index (χ4n) is 12.6. The van der Waals surface area contributed by atoms with Gasteiger partial charge in [0.25, 0.3) is 0 Å². The highest BCUT2D eigenvalue weighted by Crippen LogP contribution is 2.64. The van der Waals surface area contributed by atoms with Crippen LogP contribution < -0.4 is 9.80 Å². The van der Waals surface area contributed by atoms with Crippen LogP contribution in [0, 0.1) is 0 Å². The lowest BCUT2D eigenvalue weighted by Gasteiger charge is -2.33. The molecule has 68 heavy (non-hydrogen) atoms. The summed E-state index contributed by atoms with van der Waals surface area (Å²) in [4.78, 5) is 4.91. The molecule has 0 saturated carbocycles. The van der Waals surface area contributed by atoms with Gasteiger partial charge in [0.15, 0.2) is 0 Å². The quantitative estimate of drug-likeness (QED) is 0.165. The lowest BCUT2D eigenvalue weighted by Crippen LogP contribution is -2.26. The van der Waals surface area contributed by atoms with Crippen LogP contribution in [0.3, 0.4) is 0 Å². The lowest BCUT2D eigenvalue weighted by atomic mass is 9.70. The zero-order chi connectivity index (χ0) is 45.3. The number of aromatic nitrogens is 1. The Morgan fingerprint density at radius 1 is 0.294 bits per heavy atom. The fraction of sp³-hybridized carbons (Fsp3) is 0.0769. The summed E-state index contributed by atoms with van der Waals surface area (Å²) in [5.41, 5.74) is 24.2. The molecule has 0 saturated heterocycles. The van der Waals surface area contributed by atoms with Crippen LogP contribution in [0.5, 0.6) is 0 Å². The Bertz CT molecular complexity index is 3810. The molecule has 3 aliphatic rings. The summed E-state index contributed by atoms with van der Waals surface area (Å²) in [6, 6.07) is 86.2. The Balaban J connectivity index is 1.03. The molecular weight excluding hydrogens is 823 g/mol. The highest BCUT2D eigenvalue weighted by molar-refractivity contribution is 6.09. The normalized spacial score (nSPS) is 15.5. The molecule has 1 atom stereocenters. The van der Waals surface area contributed by atoms with Gasteiger partial charge in [0.2, 0.25) is 0 Å². The van der Waals surface area contributed by atoms with Crippen LogP contribution in [0.4, 0.5) is 34.1 Å². The van der Waals surface area contributed by atoms with Crippen molar-refractivity contribution in [3.63, 3.8) is 0 Å². The maximum Gasteiger partial charge on any atom is 0.0727 e. The van der Waals surface area contributed by atoms with Crippen LogP contribution in [0.15, 0.2) is 231 Å². The number of hydrogen-bond donors (Lipinski definition) is 0. The number of rotatable bonds is 6. The van der Waals surface area contributed by atoms with Gasteiger partial charge in [-0.05, 0) is 146 Å². The third kappa shape index (κ3) is 5.24. The van der Waals surface area contributed by atoms with E-state index in [4.69, 9.17) is 0 Å². The molecule has 3 heteroatoms. The molecule has 322 valence electrons. The third-order valence-electron chi connectivity index (χ3n) is 15.6. The topological polar surface area (TPSA) is 11.4 Å². The maximum absolute atomic E-state index is 2.53. The molecule has 3 aliphatic carbocycles. The summed E-state index contributed by atoms with van der Waals surface area (Å²) in [6.07, 6.45) is 0. The van der Waals surface area contributed by atoms with E-state index in [1.165, 1.54) is 88.6 Å². The molecule has 0 radical (unpaired) electrons. The molecule has 1 spiro atoms. The molecule has 0 amide bonds. The van der Waals surface area contributed by atoms with Gasteiger partial charge in [-0.2, -0.15) is 0 Å². The van der Waals surface area contributed by atoms with Gasteiger partial charge >= 0.3 is 0 Å². The second-order valence-electron chi connectivity index (χ2n) is 19.3. The smallest absolute Gasteiger partial charge is 0.0727 e. The molecule has 0 fully saturated rings. The van der Waals surface area contributed by atoms with Crippen LogP contribution in [0.2, 0.25) is 0 Å². The average molecular weight is 870 g/mol. The van der Waals surface area contributed by atoms with Crippen LogP contribution in [0.1, 0.15) is 47.2 Å². The second kappa shape index (κ2) is 14.3. The molecule has 1 aromatic heterocycles. The van der Waals surface area contributed by atoms with Crippen LogP contribution in [-0.2, 0) is 17.9 Å². The van der Waals surface area contributed by atoms with E-state index in [0.29, 0.717) is 0 Å². The largest absolute Gasteiger partial charge is 0.344 e. The van der Waals surface area contributed by atoms with Gasteiger partial charge in [-0.3, -0.25) is 0 Å². The van der Waals surface area contributed by atoms with Gasteiger partial charge in [-0.15, -0.1) is 0 Å². The van der Waals surface area contributed by atoms with Crippen LogP contribution >= 0.6 is 0 Å². The first kappa shape index (κ1) is 38.8. The number of hydrogen-bond acceptors (Lipinski definition) is 2. The Labute approximate surface area is 397 Å². The monoisotopic (exact) mass is 869 g/mol. The third-order valence-corrected chi connectivity index (χ3v) is 15.6. The van der Waals surface area contributed by atoms with Crippen molar-refractivity contribution in [2.75, 3.05) is 9.80 Å². The Hall–Kier alpha value is -8.40. The Morgan fingerprint density at radius 2 is 0.676 bits per heavy atom. The van der Waals surface area contributed by atoms with Crippen molar-refractivity contribution in [3.05, 3.63) is 264 Å². The minimum Gasteiger partial charge on any atom is -0.344 e. The number of nitrogens with zero attached hydrogens (tertiary/aromatic N) is 3. The minimum absolute atomic E-state index is 0.153. The van der Waals surface area contributed by atoms with Crippen LogP contribution in [-0.4, -0.2) is 4.57 Å². The molecule has 11 aromatic rings. The summed E-state index contributed by atoms with van der Waals surface area (Å²) in [5, 5.41) is 2.53. The van der Waals surface area contributed by atoms with Gasteiger partial charge in [-0.1, -0.05) is 166 Å². The van der Waals surface area contributed by atoms with E-state index in [1.807, 2.05) is 0 Å². The first-order valence-electron chi connectivity index (χ1n) is 23.8. The zero-order valence-electron chi connectivity index (χ0n) is 38.3. The van der Waals surface area contributed by atoms with E-state index in [1.54, 1.807) is 0 Å². The summed E-state index contributed by atoms with van der Waals surface area (Å²) < 4.78 is 2.35. The van der Waals surface area contributed by atoms with E-state index in [2.05, 4.69) is 266 Å². The van der Waals surface area contributed by atoms with E-state index in [-0.39, 0.29) is 5.41 Å². The van der Waals surface area contributed by atoms with Crippen molar-refractivity contribution < 1.29 is 0 Å². The number of aryl methyl sites for hydroxylation is 1. The SMILES string of the molecule is Cn1c2ccccc2c2ccc(N(c3ccc4c(c3)C(C)(C)c3ccccc3-4)c3ccc4c(c3)C3(c5ccccc5-c5ccc(N(c6ccccc6)c6ccccc6)cc53)c3ccccc3-4)cc21. The predicted octanol–water partition coefficient (Wildman–Crippen LogP) is 16.9. The van der Waals surface area contributed by atoms with Crippen molar-refractivity contribution in [2.45, 2.75) is 24.7 Å². The molecule has 10 aromatic carbocycles. The molecule has 3 nitrogen and oxygen atoms in total. The number of para-hydroxylation sites is 3. The predicted molar refractivity (Wildman–Crippen MR) is 284 cm³/mol. The highest BCUT2D eigenvalue weighted by atomic mass is 15.1. The van der Waals surface area contributed by atoms with Gasteiger partial charge in [0.1, 0.15) is 0 Å². The Kier molecular flexibility index (Phi) is 8.17. The van der Waals surface area contributed by atoms with Crippen molar-refractivity contribution in [1.29, 1.82) is 0 Å². The number of fused-ring (bicyclic) bond motifs is 16. The van der Waals surface area contributed by atoms with E-state index >= 15 is 0 Å². The summed E-state index contributed by atoms with van der Waals surface area (Å²) in [5.74, 6) is 0. The van der Waals surface area contributed by atoms with Crippen molar-refractivity contribution in [1.82, 2.24) is 4.57 Å². The van der Waals surface area contributed by atoms with Crippen molar-refractivity contribution in [3.8, 4) is 33.4 Å². The first-order valence-corrected chi connectivity index (χ1v) is 23.8. The van der Waals surface area contributed by atoms with Gasteiger partial charge in [-0.25, -0.2) is 0 Å². The molecule has 1 heterocycles. The minimum atomic E-state index is -0.573. The van der Waals surface area contributed by atoms with E-state index in [9.17, 15) is 0 Å². The standard InChI is InChI=1S/C65H47N3/c1-64(2)56-26-14-10-22-48(56)51-34-30-44(38-59(51)64)68(47-33-37-55-54-25-13-17-29-62(54)66(3)63(55)41-47)46-32-36-53-50-24-12-16-28-58(50)65(61(53)40-46)57-27-15-11-23-49(57)52-35-31-45(39-60(52)65)67(42-18-6-4-7-19-42)43-20-8-5-9-21-43/h4-41H,1-3H3. The zero-order valence-corrected chi connectivity index (χ0v) is 38.3. The molecule has 0 bridgehead atoms. The first-order chi connectivity index (χ1) is 33.4. The molecule has 0 aliphatic heterocycles. The fourth-order valence-corrected chi connectivity index (χ4v) is 12.6. The highest BCUT2D eigenvalue weighted by Gasteiger charge is 2.52. The summed E-state index contributed by atoms with van der Waals surface area (Å²) in [6.45, 7) is 4.76. The average Bonchev–Trinajstić information content (AvgIpc) is 4.04. The molecule has 1 unspecified atom stereocenters.